The number of para-hydroxylation sites is 1. The third-order valence-electron chi connectivity index (χ3n) is 5.30. The molecule has 1 aromatic heterocycles. The van der Waals surface area contributed by atoms with Crippen molar-refractivity contribution >= 4 is 27.1 Å². The van der Waals surface area contributed by atoms with Gasteiger partial charge in [0.15, 0.2) is 11.0 Å². The molecule has 156 valence electrons. The van der Waals surface area contributed by atoms with Crippen molar-refractivity contribution in [1.82, 2.24) is 9.03 Å². The molecule has 0 aliphatic carbocycles. The van der Waals surface area contributed by atoms with Crippen molar-refractivity contribution < 1.29 is 17.6 Å². The summed E-state index contributed by atoms with van der Waals surface area (Å²) >= 11 is 0. The summed E-state index contributed by atoms with van der Waals surface area (Å²) in [7, 11) is -3.97. The van der Waals surface area contributed by atoms with E-state index in [1.807, 2.05) is 18.2 Å². The van der Waals surface area contributed by atoms with Gasteiger partial charge in [-0.15, -0.1) is 0 Å². The molecule has 1 N–H and O–H groups in total. The molecule has 0 saturated carbocycles. The van der Waals surface area contributed by atoms with Crippen molar-refractivity contribution in [1.29, 1.82) is 0 Å². The minimum atomic E-state index is -3.97. The number of rotatable bonds is 4. The largest absolute Gasteiger partial charge is 0.455 e. The zero-order valence-electron chi connectivity index (χ0n) is 16.6. The molecule has 1 amide bonds. The number of hydrogen-bond donors (Lipinski definition) is 1. The van der Waals surface area contributed by atoms with Crippen LogP contribution in [0.3, 0.4) is 0 Å². The van der Waals surface area contributed by atoms with Crippen LogP contribution in [0.15, 0.2) is 57.7 Å². The normalized spacial score (nSPS) is 15.2. The zero-order valence-corrected chi connectivity index (χ0v) is 17.4. The number of piperidine rings is 1. The average Bonchev–Trinajstić information content (AvgIpc) is 2.76. The summed E-state index contributed by atoms with van der Waals surface area (Å²) in [5.74, 6) is -0.468. The van der Waals surface area contributed by atoms with E-state index in [2.05, 4.69) is 4.72 Å². The monoisotopic (exact) mass is 426 g/mol. The van der Waals surface area contributed by atoms with Crippen LogP contribution in [0.5, 0.6) is 0 Å². The second kappa shape index (κ2) is 8.04. The van der Waals surface area contributed by atoms with Crippen LogP contribution in [0.1, 0.15) is 35.2 Å². The summed E-state index contributed by atoms with van der Waals surface area (Å²) in [5, 5.41) is 0.232. The Bertz CT molecular complexity index is 1260. The van der Waals surface area contributed by atoms with E-state index in [-0.39, 0.29) is 22.0 Å². The predicted molar refractivity (Wildman–Crippen MR) is 114 cm³/mol. The molecule has 3 aromatic rings. The average molecular weight is 426 g/mol. The molecular formula is C22H22N2O5S. The molecule has 1 aliphatic rings. The molecule has 4 rings (SSSR count). The number of carbonyl (C=O) groups is 1. The molecule has 2 aromatic carbocycles. The summed E-state index contributed by atoms with van der Waals surface area (Å²) in [6.45, 7) is 2.43. The van der Waals surface area contributed by atoms with Crippen molar-refractivity contribution in [2.75, 3.05) is 13.1 Å². The lowest BCUT2D eigenvalue weighted by Gasteiger charge is -2.25. The Morgan fingerprint density at radius 2 is 1.70 bits per heavy atom. The van der Waals surface area contributed by atoms with Crippen molar-refractivity contribution in [3.05, 3.63) is 69.9 Å². The fourth-order valence-electron chi connectivity index (χ4n) is 3.70. The zero-order chi connectivity index (χ0) is 21.3. The number of hydrogen-bond acceptors (Lipinski definition) is 5. The van der Waals surface area contributed by atoms with Gasteiger partial charge in [-0.3, -0.25) is 9.59 Å². The molecule has 0 bridgehead atoms. The fourth-order valence-corrected chi connectivity index (χ4v) is 4.91. The van der Waals surface area contributed by atoms with Gasteiger partial charge in [0.25, 0.3) is 5.91 Å². The van der Waals surface area contributed by atoms with Gasteiger partial charge < -0.3 is 4.42 Å². The molecular weight excluding hydrogens is 404 g/mol. The Kier molecular flexibility index (Phi) is 5.44. The van der Waals surface area contributed by atoms with E-state index >= 15 is 0 Å². The second-order valence-electron chi connectivity index (χ2n) is 7.33. The first-order valence-electron chi connectivity index (χ1n) is 9.82. The number of fused-ring (bicyclic) bond motifs is 1. The van der Waals surface area contributed by atoms with Crippen LogP contribution in [0, 0.1) is 6.92 Å². The van der Waals surface area contributed by atoms with Crippen LogP contribution >= 0.6 is 0 Å². The number of amides is 1. The van der Waals surface area contributed by atoms with E-state index in [9.17, 15) is 18.0 Å². The van der Waals surface area contributed by atoms with Gasteiger partial charge in [0, 0.05) is 24.2 Å². The maximum atomic E-state index is 12.9. The first-order valence-corrected chi connectivity index (χ1v) is 11.3. The Balaban J connectivity index is 1.78. The minimum Gasteiger partial charge on any atom is -0.455 e. The van der Waals surface area contributed by atoms with Crippen LogP contribution in [0.4, 0.5) is 0 Å². The predicted octanol–water partition coefficient (Wildman–Crippen LogP) is 3.23. The Labute approximate surface area is 174 Å². The highest BCUT2D eigenvalue weighted by atomic mass is 32.2. The van der Waals surface area contributed by atoms with Gasteiger partial charge in [-0.1, -0.05) is 42.8 Å². The second-order valence-corrected chi connectivity index (χ2v) is 9.00. The molecule has 0 spiro atoms. The molecule has 8 heteroatoms. The van der Waals surface area contributed by atoms with E-state index in [0.29, 0.717) is 30.0 Å². The highest BCUT2D eigenvalue weighted by molar-refractivity contribution is 7.87. The van der Waals surface area contributed by atoms with Crippen LogP contribution in [0.2, 0.25) is 0 Å². The number of carbonyl (C=O) groups excluding carboxylic acids is 1. The first-order chi connectivity index (χ1) is 14.4. The van der Waals surface area contributed by atoms with Crippen molar-refractivity contribution in [3.63, 3.8) is 0 Å². The number of nitrogens with zero attached hydrogens (tertiary/aromatic N) is 1. The molecule has 1 fully saturated rings. The third kappa shape index (κ3) is 3.76. The van der Waals surface area contributed by atoms with Crippen molar-refractivity contribution in [3.8, 4) is 11.3 Å². The van der Waals surface area contributed by atoms with Gasteiger partial charge >= 0.3 is 10.2 Å². The lowest BCUT2D eigenvalue weighted by Crippen LogP contribution is -2.45. The third-order valence-corrected chi connectivity index (χ3v) is 6.79. The Morgan fingerprint density at radius 1 is 1.00 bits per heavy atom. The molecule has 2 heterocycles. The molecule has 0 atom stereocenters. The van der Waals surface area contributed by atoms with Gasteiger partial charge in [0.05, 0.1) is 10.9 Å². The standard InChI is InChI=1S/C22H22N2O5S/c1-15-19(25)17-11-8-12-18(21(17)29-20(15)16-9-4-2-5-10-16)22(26)23-30(27,28)24-13-6-3-7-14-24/h2,4-5,8-12H,3,6-7,13-14H2,1H3,(H,23,26). The summed E-state index contributed by atoms with van der Waals surface area (Å²) < 4.78 is 34.6. The molecule has 0 unspecified atom stereocenters. The van der Waals surface area contributed by atoms with E-state index in [1.54, 1.807) is 31.2 Å². The molecule has 1 aliphatic heterocycles. The van der Waals surface area contributed by atoms with Gasteiger partial charge in [-0.25, -0.2) is 4.72 Å². The smallest absolute Gasteiger partial charge is 0.304 e. The van der Waals surface area contributed by atoms with Gasteiger partial charge in [-0.05, 0) is 31.9 Å². The van der Waals surface area contributed by atoms with Gasteiger partial charge in [-0.2, -0.15) is 12.7 Å². The van der Waals surface area contributed by atoms with Crippen molar-refractivity contribution in [2.24, 2.45) is 0 Å². The summed E-state index contributed by atoms with van der Waals surface area (Å²) in [6.07, 6.45) is 2.49. The highest BCUT2D eigenvalue weighted by Gasteiger charge is 2.27. The van der Waals surface area contributed by atoms with Crippen molar-refractivity contribution in [2.45, 2.75) is 26.2 Å². The SMILES string of the molecule is Cc1c(-c2ccccc2)oc2c(C(=O)NS(=O)(=O)N3CCCCC3)cccc2c1=O. The minimum absolute atomic E-state index is 0.00219. The number of nitrogens with one attached hydrogen (secondary N) is 1. The first kappa shape index (κ1) is 20.3. The summed E-state index contributed by atoms with van der Waals surface area (Å²) in [6, 6.07) is 13.7. The van der Waals surface area contributed by atoms with E-state index in [1.165, 1.54) is 10.4 Å². The lowest BCUT2D eigenvalue weighted by atomic mass is 10.0. The lowest BCUT2D eigenvalue weighted by molar-refractivity contribution is 0.0979. The quantitative estimate of drug-likeness (QED) is 0.691. The molecule has 30 heavy (non-hydrogen) atoms. The highest BCUT2D eigenvalue weighted by Crippen LogP contribution is 2.27. The van der Waals surface area contributed by atoms with E-state index in [0.717, 1.165) is 19.3 Å². The topological polar surface area (TPSA) is 96.7 Å². The number of benzene rings is 2. The van der Waals surface area contributed by atoms with Gasteiger partial charge in [0.2, 0.25) is 0 Å². The Morgan fingerprint density at radius 3 is 2.40 bits per heavy atom. The maximum absolute atomic E-state index is 12.9. The van der Waals surface area contributed by atoms with Crippen LogP contribution in [0.25, 0.3) is 22.3 Å². The summed E-state index contributed by atoms with van der Waals surface area (Å²) in [4.78, 5) is 25.8. The van der Waals surface area contributed by atoms with Crippen LogP contribution < -0.4 is 10.2 Å². The molecule has 7 nitrogen and oxygen atoms in total. The van der Waals surface area contributed by atoms with Gasteiger partial charge in [0.1, 0.15) is 5.76 Å². The maximum Gasteiger partial charge on any atom is 0.304 e. The summed E-state index contributed by atoms with van der Waals surface area (Å²) in [5.41, 5.74) is 0.932. The van der Waals surface area contributed by atoms with E-state index in [4.69, 9.17) is 4.42 Å². The molecule has 1 saturated heterocycles. The fraction of sp³-hybridized carbons (Fsp3) is 0.273. The van der Waals surface area contributed by atoms with E-state index < -0.39 is 16.1 Å². The van der Waals surface area contributed by atoms with Crippen LogP contribution in [-0.2, 0) is 10.2 Å². The van der Waals surface area contributed by atoms with Crippen LogP contribution in [-0.4, -0.2) is 31.7 Å². The molecule has 0 radical (unpaired) electrons. The Hall–Kier alpha value is -2.97.